The van der Waals surface area contributed by atoms with E-state index >= 15 is 0 Å². The summed E-state index contributed by atoms with van der Waals surface area (Å²) in [5.74, 6) is 0.790. The number of nitrogens with zero attached hydrogens (tertiary/aromatic N) is 4. The van der Waals surface area contributed by atoms with Crippen molar-refractivity contribution in [3.8, 4) is 5.69 Å². The van der Waals surface area contributed by atoms with Crippen molar-refractivity contribution in [2.24, 2.45) is 0 Å². The van der Waals surface area contributed by atoms with Crippen molar-refractivity contribution < 1.29 is 9.90 Å². The summed E-state index contributed by atoms with van der Waals surface area (Å²) in [6.45, 7) is 1.67. The molecule has 4 aromatic rings. The number of benzene rings is 3. The van der Waals surface area contributed by atoms with E-state index in [9.17, 15) is 9.90 Å². The summed E-state index contributed by atoms with van der Waals surface area (Å²) in [7, 11) is 0. The monoisotopic (exact) mass is 497 g/mol. The Labute approximate surface area is 214 Å². The molecule has 7 nitrogen and oxygen atoms in total. The van der Waals surface area contributed by atoms with Gasteiger partial charge >= 0.3 is 0 Å². The van der Waals surface area contributed by atoms with Crippen LogP contribution in [0.1, 0.15) is 23.2 Å². The number of thioether (sulfide) groups is 1. The lowest BCUT2D eigenvalue weighted by atomic mass is 10.1. The van der Waals surface area contributed by atoms with Crippen LogP contribution >= 0.6 is 11.8 Å². The van der Waals surface area contributed by atoms with Gasteiger partial charge in [-0.15, -0.1) is 11.8 Å². The number of piperidine rings is 1. The van der Waals surface area contributed by atoms with Crippen LogP contribution in [-0.4, -0.2) is 45.9 Å². The van der Waals surface area contributed by atoms with Crippen LogP contribution in [0.5, 0.6) is 0 Å². The van der Waals surface area contributed by atoms with Gasteiger partial charge in [0.25, 0.3) is 5.91 Å². The van der Waals surface area contributed by atoms with E-state index in [1.54, 1.807) is 11.8 Å². The second-order valence-electron chi connectivity index (χ2n) is 9.12. The van der Waals surface area contributed by atoms with E-state index in [1.807, 2.05) is 53.3 Å². The van der Waals surface area contributed by atoms with Gasteiger partial charge in [0.2, 0.25) is 0 Å². The zero-order valence-corrected chi connectivity index (χ0v) is 20.6. The number of aliphatic hydroxyl groups is 1. The Balaban J connectivity index is 1.14. The molecule has 3 aromatic carbocycles. The number of amides is 1. The number of hydrogen-bond acceptors (Lipinski definition) is 6. The first-order chi connectivity index (χ1) is 17.6. The Kier molecular flexibility index (Phi) is 6.13. The molecule has 0 unspecified atom stereocenters. The van der Waals surface area contributed by atoms with Crippen LogP contribution in [0.2, 0.25) is 0 Å². The molecule has 6 rings (SSSR count). The maximum absolute atomic E-state index is 12.9. The highest BCUT2D eigenvalue weighted by atomic mass is 32.2. The number of carbonyl (C=O) groups is 1. The summed E-state index contributed by atoms with van der Waals surface area (Å²) in [6, 6.07) is 21.9. The SMILES string of the molecule is O=C(Nc1ccc2c(cnn2-c2ccc(N3C=CSC3)cc2)c1)c1ccc(N2CCC(O)CC2)cc1. The molecule has 182 valence electrons. The van der Waals surface area contributed by atoms with Crippen LogP contribution in [0.15, 0.2) is 84.5 Å². The van der Waals surface area contributed by atoms with Crippen molar-refractivity contribution in [1.82, 2.24) is 9.78 Å². The highest BCUT2D eigenvalue weighted by molar-refractivity contribution is 8.02. The third kappa shape index (κ3) is 4.57. The van der Waals surface area contributed by atoms with E-state index in [-0.39, 0.29) is 12.0 Å². The van der Waals surface area contributed by atoms with E-state index in [1.165, 1.54) is 0 Å². The summed E-state index contributed by atoms with van der Waals surface area (Å²) in [5.41, 5.74) is 5.55. The molecule has 0 bridgehead atoms. The van der Waals surface area contributed by atoms with Crippen molar-refractivity contribution >= 4 is 45.6 Å². The van der Waals surface area contributed by atoms with Gasteiger partial charge in [-0.2, -0.15) is 5.10 Å². The Morgan fingerprint density at radius 2 is 1.67 bits per heavy atom. The smallest absolute Gasteiger partial charge is 0.255 e. The number of fused-ring (bicyclic) bond motifs is 1. The topological polar surface area (TPSA) is 73.6 Å². The van der Waals surface area contributed by atoms with Crippen LogP contribution < -0.4 is 15.1 Å². The molecule has 0 atom stereocenters. The molecule has 1 aromatic heterocycles. The van der Waals surface area contributed by atoms with Crippen molar-refractivity contribution in [1.29, 1.82) is 0 Å². The van der Waals surface area contributed by atoms with Crippen LogP contribution in [0.25, 0.3) is 16.6 Å². The fourth-order valence-electron chi connectivity index (χ4n) is 4.70. The molecule has 3 heterocycles. The number of hydrogen-bond donors (Lipinski definition) is 2. The number of aliphatic hydroxyl groups excluding tert-OH is 1. The molecule has 1 saturated heterocycles. The zero-order valence-electron chi connectivity index (χ0n) is 19.7. The van der Waals surface area contributed by atoms with Crippen LogP contribution in [0.3, 0.4) is 0 Å². The van der Waals surface area contributed by atoms with Crippen LogP contribution in [0.4, 0.5) is 17.1 Å². The number of aromatic nitrogens is 2. The fourth-order valence-corrected chi connectivity index (χ4v) is 5.41. The minimum absolute atomic E-state index is 0.146. The maximum atomic E-state index is 12.9. The second kappa shape index (κ2) is 9.72. The molecular formula is C28H27N5O2S. The Bertz CT molecular complexity index is 1410. The summed E-state index contributed by atoms with van der Waals surface area (Å²) >= 11 is 1.78. The van der Waals surface area contributed by atoms with Gasteiger partial charge in [0.1, 0.15) is 0 Å². The van der Waals surface area contributed by atoms with Gasteiger partial charge in [0.15, 0.2) is 0 Å². The van der Waals surface area contributed by atoms with Gasteiger partial charge in [-0.3, -0.25) is 4.79 Å². The minimum Gasteiger partial charge on any atom is -0.393 e. The van der Waals surface area contributed by atoms with Crippen molar-refractivity contribution in [3.63, 3.8) is 0 Å². The largest absolute Gasteiger partial charge is 0.393 e. The van der Waals surface area contributed by atoms with Crippen LogP contribution in [-0.2, 0) is 0 Å². The maximum Gasteiger partial charge on any atom is 0.255 e. The van der Waals surface area contributed by atoms with E-state index < -0.39 is 0 Å². The lowest BCUT2D eigenvalue weighted by molar-refractivity contribution is 0.102. The molecule has 8 heteroatoms. The predicted molar refractivity (Wildman–Crippen MR) is 147 cm³/mol. The van der Waals surface area contributed by atoms with E-state index in [0.717, 1.165) is 65.5 Å². The second-order valence-corrected chi connectivity index (χ2v) is 9.98. The standard InChI is InChI=1S/C28H27N5O2S/c34-26-11-13-31(14-12-26)23-4-1-20(2-5-23)28(35)30-22-3-10-27-21(17-22)18-29-33(27)25-8-6-24(7-9-25)32-15-16-36-19-32/h1-10,15-18,26,34H,11-14,19H2,(H,30,35). The van der Waals surface area contributed by atoms with Crippen molar-refractivity contribution in [2.75, 3.05) is 34.1 Å². The third-order valence-electron chi connectivity index (χ3n) is 6.76. The molecule has 0 aliphatic carbocycles. The number of nitrogens with one attached hydrogen (secondary N) is 1. The Morgan fingerprint density at radius 1 is 0.944 bits per heavy atom. The third-order valence-corrected chi connectivity index (χ3v) is 7.50. The summed E-state index contributed by atoms with van der Waals surface area (Å²) in [5, 5.41) is 20.4. The van der Waals surface area contributed by atoms with Crippen molar-refractivity contribution in [3.05, 3.63) is 90.1 Å². The molecule has 0 radical (unpaired) electrons. The minimum atomic E-state index is -0.201. The number of carbonyl (C=O) groups excluding carboxylic acids is 1. The fraction of sp³-hybridized carbons (Fsp3) is 0.214. The molecule has 0 saturated carbocycles. The Morgan fingerprint density at radius 3 is 2.39 bits per heavy atom. The molecule has 36 heavy (non-hydrogen) atoms. The summed E-state index contributed by atoms with van der Waals surface area (Å²) < 4.78 is 1.91. The van der Waals surface area contributed by atoms with Crippen molar-refractivity contribution in [2.45, 2.75) is 18.9 Å². The first kappa shape index (κ1) is 22.7. The molecule has 0 spiro atoms. The number of rotatable bonds is 5. The average Bonchev–Trinajstić information content (AvgIpc) is 3.60. The predicted octanol–water partition coefficient (Wildman–Crippen LogP) is 5.22. The molecular weight excluding hydrogens is 470 g/mol. The van der Waals surface area contributed by atoms with Gasteiger partial charge in [0.05, 0.1) is 29.4 Å². The normalized spacial score (nSPS) is 16.1. The van der Waals surface area contributed by atoms with Crippen LogP contribution in [0, 0.1) is 0 Å². The highest BCUT2D eigenvalue weighted by Crippen LogP contribution is 2.27. The molecule has 1 amide bonds. The van der Waals surface area contributed by atoms with Gasteiger partial charge in [-0.05, 0) is 85.0 Å². The molecule has 2 aliphatic rings. The van der Waals surface area contributed by atoms with Gasteiger partial charge in [-0.1, -0.05) is 0 Å². The average molecular weight is 498 g/mol. The lowest BCUT2D eigenvalue weighted by Crippen LogP contribution is -2.35. The van der Waals surface area contributed by atoms with E-state index in [0.29, 0.717) is 5.56 Å². The molecule has 2 aliphatic heterocycles. The molecule has 2 N–H and O–H groups in total. The summed E-state index contributed by atoms with van der Waals surface area (Å²) in [6.07, 6.45) is 5.27. The first-order valence-corrected chi connectivity index (χ1v) is 13.2. The van der Waals surface area contributed by atoms with Gasteiger partial charge in [0, 0.05) is 47.3 Å². The van der Waals surface area contributed by atoms with Gasteiger partial charge in [-0.25, -0.2) is 4.68 Å². The quantitative estimate of drug-likeness (QED) is 0.394. The van der Waals surface area contributed by atoms with E-state index in [2.05, 4.69) is 56.1 Å². The highest BCUT2D eigenvalue weighted by Gasteiger charge is 2.18. The first-order valence-electron chi connectivity index (χ1n) is 12.1. The summed E-state index contributed by atoms with van der Waals surface area (Å²) in [4.78, 5) is 17.3. The molecule has 1 fully saturated rings. The van der Waals surface area contributed by atoms with E-state index in [4.69, 9.17) is 0 Å². The van der Waals surface area contributed by atoms with Gasteiger partial charge < -0.3 is 20.2 Å². The Hall–Kier alpha value is -3.75. The zero-order chi connectivity index (χ0) is 24.5. The lowest BCUT2D eigenvalue weighted by Gasteiger charge is -2.31. The number of anilines is 3.